The first-order valence-corrected chi connectivity index (χ1v) is 11.1. The zero-order valence-electron chi connectivity index (χ0n) is 19.5. The first kappa shape index (κ1) is 22.1. The zero-order valence-corrected chi connectivity index (χ0v) is 19.5. The van der Waals surface area contributed by atoms with Gasteiger partial charge in [0.05, 0.1) is 24.1 Å². The summed E-state index contributed by atoms with van der Waals surface area (Å²) in [6, 6.07) is 4.77. The number of hydrogen-bond acceptors (Lipinski definition) is 8. The van der Waals surface area contributed by atoms with Crippen LogP contribution in [-0.4, -0.2) is 57.9 Å². The molecule has 5 rings (SSSR count). The van der Waals surface area contributed by atoms with E-state index in [0.29, 0.717) is 23.4 Å². The van der Waals surface area contributed by atoms with Crippen LogP contribution in [0.15, 0.2) is 49.2 Å². The molecule has 4 heterocycles. The topological polar surface area (TPSA) is 113 Å². The summed E-state index contributed by atoms with van der Waals surface area (Å²) in [5, 5.41) is 25.4. The molecule has 10 heteroatoms. The van der Waals surface area contributed by atoms with E-state index in [9.17, 15) is 5.11 Å². The molecule has 1 fully saturated rings. The number of phenols is 1. The van der Waals surface area contributed by atoms with E-state index < -0.39 is 17.8 Å². The van der Waals surface area contributed by atoms with Crippen molar-refractivity contribution in [2.45, 2.75) is 57.4 Å². The molecule has 0 saturated carbocycles. The molecule has 1 aliphatic rings. The summed E-state index contributed by atoms with van der Waals surface area (Å²) in [4.78, 5) is 12.9. The fraction of sp³-hybridized carbons (Fsp3) is 0.375. The number of hydrogen-bond donors (Lipinski definition) is 3. The van der Waals surface area contributed by atoms with E-state index in [-0.39, 0.29) is 17.2 Å². The van der Waals surface area contributed by atoms with Gasteiger partial charge >= 0.3 is 0 Å². The molecule has 0 amide bonds. The number of nitrogens with zero attached hydrogens (tertiary/aromatic N) is 6. The molecule has 34 heavy (non-hydrogen) atoms. The fourth-order valence-corrected chi connectivity index (χ4v) is 4.79. The molecule has 2 atom stereocenters. The number of imidazole rings is 1. The Kier molecular flexibility index (Phi) is 5.20. The predicted molar refractivity (Wildman–Crippen MR) is 127 cm³/mol. The first-order chi connectivity index (χ1) is 16.1. The number of alkyl halides is 1. The van der Waals surface area contributed by atoms with Crippen LogP contribution in [0.4, 0.5) is 10.3 Å². The van der Waals surface area contributed by atoms with Crippen LogP contribution in [0, 0.1) is 0 Å². The third kappa shape index (κ3) is 4.16. The number of halogens is 1. The summed E-state index contributed by atoms with van der Waals surface area (Å²) >= 11 is 0. The zero-order chi connectivity index (χ0) is 24.1. The fourth-order valence-electron chi connectivity index (χ4n) is 4.79. The number of rotatable bonds is 4. The standard InChI is InChI=1S/C24H27FN8O/c1-23(2)10-16(21(25)24(3,4)32-23)29-22-28-11-17(30-31-22)15-6-5-14(9-19(15)34)18-13-33-8-7-26-20(33)12-27-18/h5-9,11-13,16,21,32,34H,10H2,1-4H3,(H,28,29,31)/t16-,21+/m1/s1. The third-order valence-corrected chi connectivity index (χ3v) is 6.16. The second-order valence-electron chi connectivity index (χ2n) is 9.95. The summed E-state index contributed by atoms with van der Waals surface area (Å²) < 4.78 is 16.9. The molecule has 0 spiro atoms. The maximum atomic E-state index is 15.1. The highest BCUT2D eigenvalue weighted by molar-refractivity contribution is 5.72. The minimum Gasteiger partial charge on any atom is -0.507 e. The smallest absolute Gasteiger partial charge is 0.243 e. The second-order valence-corrected chi connectivity index (χ2v) is 9.95. The Morgan fingerprint density at radius 1 is 1.09 bits per heavy atom. The minimum absolute atomic E-state index is 0.0347. The van der Waals surface area contributed by atoms with Gasteiger partial charge in [-0.2, -0.15) is 0 Å². The molecule has 9 nitrogen and oxygen atoms in total. The van der Waals surface area contributed by atoms with E-state index >= 15 is 4.39 Å². The monoisotopic (exact) mass is 462 g/mol. The quantitative estimate of drug-likeness (QED) is 0.421. The largest absolute Gasteiger partial charge is 0.507 e. The molecule has 0 radical (unpaired) electrons. The van der Waals surface area contributed by atoms with Gasteiger partial charge < -0.3 is 20.1 Å². The average molecular weight is 463 g/mol. The van der Waals surface area contributed by atoms with Crippen LogP contribution >= 0.6 is 0 Å². The van der Waals surface area contributed by atoms with E-state index in [1.807, 2.05) is 50.6 Å². The van der Waals surface area contributed by atoms with E-state index in [0.717, 1.165) is 11.2 Å². The summed E-state index contributed by atoms with van der Waals surface area (Å²) in [7, 11) is 0. The van der Waals surface area contributed by atoms with Gasteiger partial charge in [0.1, 0.15) is 17.6 Å². The normalized spacial score (nSPS) is 21.4. The van der Waals surface area contributed by atoms with Crippen LogP contribution in [0.5, 0.6) is 5.75 Å². The number of piperidine rings is 1. The van der Waals surface area contributed by atoms with E-state index in [1.54, 1.807) is 24.5 Å². The van der Waals surface area contributed by atoms with E-state index in [4.69, 9.17) is 0 Å². The predicted octanol–water partition coefficient (Wildman–Crippen LogP) is 3.62. The number of anilines is 1. The van der Waals surface area contributed by atoms with Gasteiger partial charge in [0, 0.05) is 40.8 Å². The lowest BCUT2D eigenvalue weighted by molar-refractivity contribution is 0.0654. The van der Waals surface area contributed by atoms with Crippen LogP contribution in [0.1, 0.15) is 34.1 Å². The van der Waals surface area contributed by atoms with Crippen molar-refractivity contribution < 1.29 is 9.50 Å². The molecule has 0 bridgehead atoms. The number of aromatic nitrogens is 6. The maximum absolute atomic E-state index is 15.1. The van der Waals surface area contributed by atoms with Crippen LogP contribution in [-0.2, 0) is 0 Å². The highest BCUT2D eigenvalue weighted by atomic mass is 19.1. The highest BCUT2D eigenvalue weighted by Gasteiger charge is 2.46. The number of benzene rings is 1. The highest BCUT2D eigenvalue weighted by Crippen LogP contribution is 2.34. The lowest BCUT2D eigenvalue weighted by Crippen LogP contribution is -2.67. The van der Waals surface area contributed by atoms with Gasteiger partial charge in [-0.15, -0.1) is 10.2 Å². The average Bonchev–Trinajstić information content (AvgIpc) is 3.25. The Balaban J connectivity index is 1.35. The van der Waals surface area contributed by atoms with Crippen molar-refractivity contribution >= 4 is 11.6 Å². The number of aromatic hydroxyl groups is 1. The molecule has 0 unspecified atom stereocenters. The number of fused-ring (bicyclic) bond motifs is 1. The van der Waals surface area contributed by atoms with Crippen LogP contribution in [0.25, 0.3) is 28.2 Å². The second kappa shape index (κ2) is 7.98. The summed E-state index contributed by atoms with van der Waals surface area (Å²) in [5.41, 5.74) is 2.18. The Morgan fingerprint density at radius 3 is 2.65 bits per heavy atom. The molecule has 0 aliphatic carbocycles. The van der Waals surface area contributed by atoms with Crippen LogP contribution in [0.3, 0.4) is 0 Å². The summed E-state index contributed by atoms with van der Waals surface area (Å²) in [5.74, 6) is 0.284. The van der Waals surface area contributed by atoms with Crippen molar-refractivity contribution in [2.24, 2.45) is 0 Å². The van der Waals surface area contributed by atoms with Crippen molar-refractivity contribution in [1.29, 1.82) is 0 Å². The van der Waals surface area contributed by atoms with Crippen molar-refractivity contribution in [3.05, 3.63) is 49.2 Å². The lowest BCUT2D eigenvalue weighted by atomic mass is 9.78. The van der Waals surface area contributed by atoms with Gasteiger partial charge in [-0.05, 0) is 46.2 Å². The van der Waals surface area contributed by atoms with Gasteiger partial charge in [-0.25, -0.2) is 14.4 Å². The van der Waals surface area contributed by atoms with Crippen LogP contribution < -0.4 is 10.6 Å². The Hall–Kier alpha value is -3.66. The van der Waals surface area contributed by atoms with Gasteiger partial charge in [-0.3, -0.25) is 4.98 Å². The summed E-state index contributed by atoms with van der Waals surface area (Å²) in [6.07, 6.45) is 8.02. The van der Waals surface area contributed by atoms with Crippen molar-refractivity contribution in [3.8, 4) is 28.3 Å². The Morgan fingerprint density at radius 2 is 1.91 bits per heavy atom. The molecular weight excluding hydrogens is 435 g/mol. The minimum atomic E-state index is -1.13. The molecular formula is C24H27FN8O. The number of phenolic OH excluding ortho intramolecular Hbond substituents is 1. The molecule has 3 N–H and O–H groups in total. The number of nitrogens with one attached hydrogen (secondary N) is 2. The lowest BCUT2D eigenvalue weighted by Gasteiger charge is -2.48. The SMILES string of the molecule is CC1(C)C[C@@H](Nc2ncc(-c3ccc(-c4cn5ccnc5cn4)cc3O)nn2)[C@H](F)C(C)(C)N1. The third-order valence-electron chi connectivity index (χ3n) is 6.16. The van der Waals surface area contributed by atoms with Gasteiger partial charge in [0.15, 0.2) is 5.65 Å². The van der Waals surface area contributed by atoms with E-state index in [2.05, 4.69) is 35.8 Å². The van der Waals surface area contributed by atoms with Crippen molar-refractivity contribution in [3.63, 3.8) is 0 Å². The first-order valence-electron chi connectivity index (χ1n) is 11.1. The van der Waals surface area contributed by atoms with E-state index in [1.165, 1.54) is 6.20 Å². The molecule has 1 aromatic carbocycles. The van der Waals surface area contributed by atoms with Gasteiger partial charge in [0.25, 0.3) is 0 Å². The molecule has 3 aromatic heterocycles. The van der Waals surface area contributed by atoms with Crippen molar-refractivity contribution in [1.82, 2.24) is 34.9 Å². The van der Waals surface area contributed by atoms with Gasteiger partial charge in [-0.1, -0.05) is 6.07 Å². The Labute approximate surface area is 196 Å². The molecule has 1 saturated heterocycles. The van der Waals surface area contributed by atoms with Crippen molar-refractivity contribution in [2.75, 3.05) is 5.32 Å². The van der Waals surface area contributed by atoms with Gasteiger partial charge in [0.2, 0.25) is 5.95 Å². The maximum Gasteiger partial charge on any atom is 0.243 e. The molecule has 176 valence electrons. The van der Waals surface area contributed by atoms with Crippen LogP contribution in [0.2, 0.25) is 0 Å². The molecule has 4 aromatic rings. The Bertz CT molecular complexity index is 1330. The molecule has 1 aliphatic heterocycles. The summed E-state index contributed by atoms with van der Waals surface area (Å²) in [6.45, 7) is 7.80.